The average molecular weight is 797 g/mol. The number of rotatable bonds is 5. The molecule has 0 radical (unpaired) electrons. The second kappa shape index (κ2) is 13.7. The minimum atomic E-state index is -0.471. The number of para-hydroxylation sites is 3. The minimum absolute atomic E-state index is 0.144. The minimum Gasteiger partial charge on any atom is -0.454 e. The fourth-order valence-electron chi connectivity index (χ4n) is 10.3. The lowest BCUT2D eigenvalue weighted by Gasteiger charge is -2.45. The molecule has 0 bridgehead atoms. The van der Waals surface area contributed by atoms with Crippen molar-refractivity contribution in [2.24, 2.45) is 0 Å². The Morgan fingerprint density at radius 1 is 0.452 bits per heavy atom. The van der Waals surface area contributed by atoms with Crippen molar-refractivity contribution in [3.8, 4) is 33.4 Å². The summed E-state index contributed by atoms with van der Waals surface area (Å²) in [5.74, 6) is 0. The third kappa shape index (κ3) is 5.38. The topological polar surface area (TPSA) is 28.4 Å². The molecule has 1 spiro atoms. The fourth-order valence-corrected chi connectivity index (χ4v) is 10.3. The van der Waals surface area contributed by atoms with Gasteiger partial charge in [0.2, 0.25) is 0 Å². The van der Waals surface area contributed by atoms with E-state index in [1.54, 1.807) is 0 Å². The van der Waals surface area contributed by atoms with Gasteiger partial charge in [0.25, 0.3) is 0 Å². The van der Waals surface area contributed by atoms with Crippen LogP contribution in [0.5, 0.6) is 0 Å². The van der Waals surface area contributed by atoms with Crippen molar-refractivity contribution in [3.05, 3.63) is 234 Å². The third-order valence-electron chi connectivity index (χ3n) is 13.2. The highest BCUT2D eigenvalue weighted by Crippen LogP contribution is 2.63. The predicted molar refractivity (Wildman–Crippen MR) is 259 cm³/mol. The van der Waals surface area contributed by atoms with Gasteiger partial charge in [-0.3, -0.25) is 0 Å². The zero-order chi connectivity index (χ0) is 41.6. The first-order valence-electron chi connectivity index (χ1n) is 21.6. The first kappa shape index (κ1) is 36.2. The maximum Gasteiger partial charge on any atom is 0.159 e. The molecule has 0 amide bonds. The molecular formula is C59H44N2O. The van der Waals surface area contributed by atoms with Crippen molar-refractivity contribution in [1.29, 1.82) is 0 Å². The van der Waals surface area contributed by atoms with Crippen molar-refractivity contribution in [3.63, 3.8) is 0 Å². The van der Waals surface area contributed by atoms with E-state index in [4.69, 9.17) is 4.42 Å². The molecule has 0 atom stereocenters. The van der Waals surface area contributed by atoms with Crippen LogP contribution in [0.1, 0.15) is 48.6 Å². The summed E-state index contributed by atoms with van der Waals surface area (Å²) in [4.78, 5) is 2.51. The van der Waals surface area contributed by atoms with E-state index < -0.39 is 5.41 Å². The highest BCUT2D eigenvalue weighted by Gasteiger charge is 2.51. The van der Waals surface area contributed by atoms with Gasteiger partial charge >= 0.3 is 0 Å². The molecule has 2 aliphatic rings. The smallest absolute Gasteiger partial charge is 0.159 e. The summed E-state index contributed by atoms with van der Waals surface area (Å²) < 4.78 is 6.79. The summed E-state index contributed by atoms with van der Waals surface area (Å²) in [6, 6.07) is 75.4. The summed E-state index contributed by atoms with van der Waals surface area (Å²) in [6.45, 7) is 6.93. The molecule has 296 valence electrons. The Hall–Kier alpha value is -7.62. The highest BCUT2D eigenvalue weighted by atomic mass is 16.3. The Balaban J connectivity index is 1.08. The maximum atomic E-state index is 6.79. The molecule has 2 heterocycles. The van der Waals surface area contributed by atoms with Crippen LogP contribution >= 0.6 is 0 Å². The van der Waals surface area contributed by atoms with Crippen LogP contribution in [-0.4, -0.2) is 0 Å². The van der Waals surface area contributed by atoms with Gasteiger partial charge in [-0.05, 0) is 110 Å². The standard InChI is InChI=1S/C59H44N2O/c1-58(2,3)41-35-40(44-33-34-48-47-21-9-16-28-55(47)62-57(48)56(44)60-42-31-29-39(30-32-42)38-17-5-4-6-18-38)36-43(37-41)61-53-26-14-12-24-51(53)59(52-25-13-15-27-54(52)61)49-22-10-7-19-45(49)46-20-8-11-23-50(46)59/h4-37,60H,1-3H3. The van der Waals surface area contributed by atoms with Gasteiger partial charge < -0.3 is 14.6 Å². The normalized spacial score (nSPS) is 13.5. The van der Waals surface area contributed by atoms with E-state index >= 15 is 0 Å². The van der Waals surface area contributed by atoms with Crippen LogP contribution in [0.3, 0.4) is 0 Å². The molecule has 3 heteroatoms. The lowest BCUT2D eigenvalue weighted by atomic mass is 9.64. The summed E-state index contributed by atoms with van der Waals surface area (Å²) in [7, 11) is 0. The molecule has 9 aromatic carbocycles. The molecule has 10 aromatic rings. The van der Waals surface area contributed by atoms with Crippen LogP contribution in [0.2, 0.25) is 0 Å². The van der Waals surface area contributed by atoms with Crippen LogP contribution < -0.4 is 10.2 Å². The second-order valence-corrected chi connectivity index (χ2v) is 17.8. The number of benzene rings is 9. The van der Waals surface area contributed by atoms with Gasteiger partial charge in [0.15, 0.2) is 5.58 Å². The summed E-state index contributed by atoms with van der Waals surface area (Å²) in [5, 5.41) is 6.07. The lowest BCUT2D eigenvalue weighted by Crippen LogP contribution is -2.36. The SMILES string of the molecule is CC(C)(C)c1cc(-c2ccc3c(oc4ccccc43)c2Nc2ccc(-c3ccccc3)cc2)cc(N2c3ccccc3C3(c4ccccc4-c4ccccc43)c3ccccc32)c1. The molecule has 1 aromatic heterocycles. The zero-order valence-electron chi connectivity index (χ0n) is 35.0. The fraction of sp³-hybridized carbons (Fsp3) is 0.0847. The van der Waals surface area contributed by atoms with E-state index in [1.807, 2.05) is 6.07 Å². The van der Waals surface area contributed by atoms with E-state index in [2.05, 4.69) is 231 Å². The first-order valence-corrected chi connectivity index (χ1v) is 21.6. The maximum absolute atomic E-state index is 6.79. The zero-order valence-corrected chi connectivity index (χ0v) is 35.0. The van der Waals surface area contributed by atoms with E-state index in [0.29, 0.717) is 0 Å². The van der Waals surface area contributed by atoms with E-state index in [-0.39, 0.29) is 5.41 Å². The molecule has 3 nitrogen and oxygen atoms in total. The number of hydrogen-bond donors (Lipinski definition) is 1. The number of furan rings is 1. The van der Waals surface area contributed by atoms with Gasteiger partial charge in [-0.15, -0.1) is 0 Å². The van der Waals surface area contributed by atoms with Gasteiger partial charge in [0.1, 0.15) is 5.58 Å². The van der Waals surface area contributed by atoms with Gasteiger partial charge in [-0.2, -0.15) is 0 Å². The number of nitrogens with zero attached hydrogens (tertiary/aromatic N) is 1. The van der Waals surface area contributed by atoms with E-state index in [1.165, 1.54) is 61.4 Å². The molecule has 0 saturated carbocycles. The van der Waals surface area contributed by atoms with Crippen molar-refractivity contribution in [2.45, 2.75) is 31.6 Å². The van der Waals surface area contributed by atoms with E-state index in [9.17, 15) is 0 Å². The monoisotopic (exact) mass is 796 g/mol. The van der Waals surface area contributed by atoms with Gasteiger partial charge in [-0.25, -0.2) is 0 Å². The Morgan fingerprint density at radius 2 is 1.02 bits per heavy atom. The summed E-state index contributed by atoms with van der Waals surface area (Å²) >= 11 is 0. The average Bonchev–Trinajstić information content (AvgIpc) is 3.84. The van der Waals surface area contributed by atoms with Crippen LogP contribution in [0, 0.1) is 0 Å². The number of fused-ring (bicyclic) bond motifs is 12. The molecule has 1 aliphatic carbocycles. The molecule has 1 N–H and O–H groups in total. The Bertz CT molecular complexity index is 3270. The lowest BCUT2D eigenvalue weighted by molar-refractivity contribution is 0.590. The van der Waals surface area contributed by atoms with Crippen molar-refractivity contribution in [2.75, 3.05) is 10.2 Å². The second-order valence-electron chi connectivity index (χ2n) is 17.8. The largest absolute Gasteiger partial charge is 0.454 e. The van der Waals surface area contributed by atoms with Crippen LogP contribution in [0.15, 0.2) is 211 Å². The predicted octanol–water partition coefficient (Wildman–Crippen LogP) is 16.1. The molecule has 0 unspecified atom stereocenters. The van der Waals surface area contributed by atoms with Crippen molar-refractivity contribution in [1.82, 2.24) is 0 Å². The van der Waals surface area contributed by atoms with Crippen molar-refractivity contribution >= 4 is 50.4 Å². The summed E-state index contributed by atoms with van der Waals surface area (Å²) in [6.07, 6.45) is 0. The third-order valence-corrected chi connectivity index (χ3v) is 13.2. The van der Waals surface area contributed by atoms with E-state index in [0.717, 1.165) is 50.1 Å². The van der Waals surface area contributed by atoms with Crippen LogP contribution in [0.4, 0.5) is 28.4 Å². The van der Waals surface area contributed by atoms with Gasteiger partial charge in [0.05, 0.1) is 22.5 Å². The Morgan fingerprint density at radius 3 is 1.68 bits per heavy atom. The number of nitrogens with one attached hydrogen (secondary N) is 1. The number of anilines is 5. The van der Waals surface area contributed by atoms with Crippen molar-refractivity contribution < 1.29 is 4.42 Å². The number of hydrogen-bond acceptors (Lipinski definition) is 3. The Labute approximate surface area is 362 Å². The molecule has 62 heavy (non-hydrogen) atoms. The first-order chi connectivity index (χ1) is 30.4. The highest BCUT2D eigenvalue weighted by molar-refractivity contribution is 6.12. The van der Waals surface area contributed by atoms with Crippen LogP contribution in [0.25, 0.3) is 55.3 Å². The Kier molecular flexibility index (Phi) is 8.01. The van der Waals surface area contributed by atoms with Gasteiger partial charge in [-0.1, -0.05) is 178 Å². The molecular weight excluding hydrogens is 753 g/mol. The quantitative estimate of drug-likeness (QED) is 0.188. The molecule has 0 saturated heterocycles. The molecule has 0 fully saturated rings. The molecule has 1 aliphatic heterocycles. The summed E-state index contributed by atoms with van der Waals surface area (Å²) in [5.41, 5.74) is 20.1. The molecule has 12 rings (SSSR count). The van der Waals surface area contributed by atoms with Crippen LogP contribution in [-0.2, 0) is 10.8 Å². The van der Waals surface area contributed by atoms with Gasteiger partial charge in [0, 0.05) is 27.7 Å².